The highest BCUT2D eigenvalue weighted by Gasteiger charge is 2.17. The topological polar surface area (TPSA) is 63.2 Å². The minimum Gasteiger partial charge on any atom is -0.495 e. The average Bonchev–Trinajstić information content (AvgIpc) is 2.91. The maximum absolute atomic E-state index is 12.6. The lowest BCUT2D eigenvalue weighted by molar-refractivity contribution is 0.0928. The number of methoxy groups -OCH3 is 1. The van der Waals surface area contributed by atoms with Gasteiger partial charge in [0.25, 0.3) is 5.91 Å². The number of carbonyl (C=O) groups is 1. The van der Waals surface area contributed by atoms with E-state index in [1.165, 1.54) is 25.7 Å². The van der Waals surface area contributed by atoms with Gasteiger partial charge in [-0.1, -0.05) is 31.7 Å². The predicted molar refractivity (Wildman–Crippen MR) is 104 cm³/mol. The first-order chi connectivity index (χ1) is 12.7. The third-order valence-electron chi connectivity index (χ3n) is 4.82. The summed E-state index contributed by atoms with van der Waals surface area (Å²) in [6.45, 7) is 2.03. The van der Waals surface area contributed by atoms with E-state index in [2.05, 4.69) is 15.6 Å². The van der Waals surface area contributed by atoms with Gasteiger partial charge in [-0.25, -0.2) is 0 Å². The van der Waals surface area contributed by atoms with Crippen molar-refractivity contribution in [2.75, 3.05) is 12.4 Å². The van der Waals surface area contributed by atoms with E-state index in [9.17, 15) is 4.79 Å². The summed E-state index contributed by atoms with van der Waals surface area (Å²) in [7, 11) is 1.65. The van der Waals surface area contributed by atoms with E-state index in [1.807, 2.05) is 31.2 Å². The minimum absolute atomic E-state index is 0.100. The number of aryl methyl sites for hydroxylation is 1. The Labute approximate surface area is 155 Å². The highest BCUT2D eigenvalue weighted by atomic mass is 16.5. The summed E-state index contributed by atoms with van der Waals surface area (Å²) in [5.41, 5.74) is 3.25. The SMILES string of the molecule is COc1ccc(C)cc1Nc1ccnc(C(=O)NC2CCCCCC2)c1. The van der Waals surface area contributed by atoms with Gasteiger partial charge < -0.3 is 15.4 Å². The number of amides is 1. The van der Waals surface area contributed by atoms with Gasteiger partial charge >= 0.3 is 0 Å². The molecule has 0 atom stereocenters. The molecule has 5 heteroatoms. The van der Waals surface area contributed by atoms with Crippen LogP contribution in [-0.4, -0.2) is 24.0 Å². The molecule has 0 aliphatic heterocycles. The first kappa shape index (κ1) is 18.2. The zero-order chi connectivity index (χ0) is 18.4. The lowest BCUT2D eigenvalue weighted by Crippen LogP contribution is -2.34. The van der Waals surface area contributed by atoms with Crippen LogP contribution >= 0.6 is 0 Å². The highest BCUT2D eigenvalue weighted by molar-refractivity contribution is 5.93. The van der Waals surface area contributed by atoms with E-state index in [0.29, 0.717) is 5.69 Å². The first-order valence-corrected chi connectivity index (χ1v) is 9.34. The number of anilines is 2. The Kier molecular flexibility index (Phi) is 6.10. The van der Waals surface area contributed by atoms with Gasteiger partial charge in [-0.3, -0.25) is 9.78 Å². The fourth-order valence-corrected chi connectivity index (χ4v) is 3.39. The van der Waals surface area contributed by atoms with Crippen LogP contribution in [0.5, 0.6) is 5.75 Å². The number of hydrogen-bond donors (Lipinski definition) is 2. The van der Waals surface area contributed by atoms with E-state index in [-0.39, 0.29) is 11.9 Å². The Morgan fingerprint density at radius 3 is 2.62 bits per heavy atom. The second-order valence-electron chi connectivity index (χ2n) is 6.92. The maximum Gasteiger partial charge on any atom is 0.270 e. The average molecular weight is 353 g/mol. The minimum atomic E-state index is -0.100. The molecule has 1 aliphatic carbocycles. The molecule has 1 heterocycles. The van der Waals surface area contributed by atoms with Gasteiger partial charge in [-0.05, 0) is 49.6 Å². The molecule has 138 valence electrons. The van der Waals surface area contributed by atoms with Crippen LogP contribution in [0, 0.1) is 6.92 Å². The Morgan fingerprint density at radius 1 is 1.12 bits per heavy atom. The van der Waals surface area contributed by atoms with Crippen molar-refractivity contribution >= 4 is 17.3 Å². The van der Waals surface area contributed by atoms with Crippen LogP contribution in [-0.2, 0) is 0 Å². The van der Waals surface area contributed by atoms with Crippen LogP contribution in [0.15, 0.2) is 36.5 Å². The first-order valence-electron chi connectivity index (χ1n) is 9.34. The van der Waals surface area contributed by atoms with E-state index in [4.69, 9.17) is 4.74 Å². The number of nitrogens with one attached hydrogen (secondary N) is 2. The summed E-state index contributed by atoms with van der Waals surface area (Å²) in [5, 5.41) is 6.47. The summed E-state index contributed by atoms with van der Waals surface area (Å²) in [6, 6.07) is 9.85. The van der Waals surface area contributed by atoms with Gasteiger partial charge in [0.05, 0.1) is 12.8 Å². The number of benzene rings is 1. The van der Waals surface area contributed by atoms with E-state index in [1.54, 1.807) is 19.4 Å². The monoisotopic (exact) mass is 353 g/mol. The third kappa shape index (κ3) is 4.75. The van der Waals surface area contributed by atoms with Gasteiger partial charge in [-0.15, -0.1) is 0 Å². The highest BCUT2D eigenvalue weighted by Crippen LogP contribution is 2.28. The van der Waals surface area contributed by atoms with Gasteiger partial charge in [0, 0.05) is 17.9 Å². The van der Waals surface area contributed by atoms with Gasteiger partial charge in [0.1, 0.15) is 11.4 Å². The molecule has 1 aromatic heterocycles. The molecule has 26 heavy (non-hydrogen) atoms. The molecule has 0 bridgehead atoms. The van der Waals surface area contributed by atoms with Crippen molar-refractivity contribution in [1.29, 1.82) is 0 Å². The van der Waals surface area contributed by atoms with Crippen LogP contribution < -0.4 is 15.4 Å². The van der Waals surface area contributed by atoms with E-state index < -0.39 is 0 Å². The molecule has 0 radical (unpaired) electrons. The summed E-state index contributed by atoms with van der Waals surface area (Å²) in [5.74, 6) is 0.661. The molecule has 2 aromatic rings. The van der Waals surface area contributed by atoms with Gasteiger partial charge in [0.2, 0.25) is 0 Å². The molecular weight excluding hydrogens is 326 g/mol. The molecular formula is C21H27N3O2. The largest absolute Gasteiger partial charge is 0.495 e. The fourth-order valence-electron chi connectivity index (χ4n) is 3.39. The summed E-state index contributed by atoms with van der Waals surface area (Å²) >= 11 is 0. The molecule has 1 aliphatic rings. The standard InChI is InChI=1S/C21H27N3O2/c1-15-9-10-20(26-2)18(13-15)23-17-11-12-22-19(14-17)21(25)24-16-7-5-3-4-6-8-16/h9-14,16H,3-8H2,1-2H3,(H,22,23)(H,24,25). The summed E-state index contributed by atoms with van der Waals surface area (Å²) in [6.07, 6.45) is 8.69. The molecule has 1 amide bonds. The van der Waals surface area contributed by atoms with E-state index in [0.717, 1.165) is 35.5 Å². The second-order valence-corrected chi connectivity index (χ2v) is 6.92. The number of pyridine rings is 1. The lowest BCUT2D eigenvalue weighted by Gasteiger charge is -2.16. The van der Waals surface area contributed by atoms with Crippen LogP contribution in [0.2, 0.25) is 0 Å². The van der Waals surface area contributed by atoms with Gasteiger partial charge in [-0.2, -0.15) is 0 Å². The number of aromatic nitrogens is 1. The van der Waals surface area contributed by atoms with Crippen molar-refractivity contribution in [3.63, 3.8) is 0 Å². The number of rotatable bonds is 5. The predicted octanol–water partition coefficient (Wildman–Crippen LogP) is 4.59. The molecule has 5 nitrogen and oxygen atoms in total. The third-order valence-corrected chi connectivity index (χ3v) is 4.82. The maximum atomic E-state index is 12.6. The van der Waals surface area contributed by atoms with Crippen molar-refractivity contribution in [1.82, 2.24) is 10.3 Å². The van der Waals surface area contributed by atoms with Crippen molar-refractivity contribution in [3.05, 3.63) is 47.8 Å². The number of hydrogen-bond acceptors (Lipinski definition) is 4. The summed E-state index contributed by atoms with van der Waals surface area (Å²) < 4.78 is 5.41. The van der Waals surface area contributed by atoms with Crippen molar-refractivity contribution in [3.8, 4) is 5.75 Å². The number of ether oxygens (including phenoxy) is 1. The quantitative estimate of drug-likeness (QED) is 0.772. The zero-order valence-corrected chi connectivity index (χ0v) is 15.5. The normalized spacial score (nSPS) is 15.2. The van der Waals surface area contributed by atoms with Crippen LogP contribution in [0.3, 0.4) is 0 Å². The molecule has 0 saturated heterocycles. The lowest BCUT2D eigenvalue weighted by atomic mass is 10.1. The van der Waals surface area contributed by atoms with Crippen LogP contribution in [0.1, 0.15) is 54.6 Å². The number of carbonyl (C=O) groups excluding carboxylic acids is 1. The van der Waals surface area contributed by atoms with Crippen molar-refractivity contribution in [2.45, 2.75) is 51.5 Å². The molecule has 0 unspecified atom stereocenters. The van der Waals surface area contributed by atoms with E-state index >= 15 is 0 Å². The van der Waals surface area contributed by atoms with Crippen molar-refractivity contribution < 1.29 is 9.53 Å². The van der Waals surface area contributed by atoms with Gasteiger partial charge in [0.15, 0.2) is 0 Å². The Hall–Kier alpha value is -2.56. The Balaban J connectivity index is 1.71. The summed E-state index contributed by atoms with van der Waals surface area (Å²) in [4.78, 5) is 16.8. The molecule has 1 aromatic carbocycles. The zero-order valence-electron chi connectivity index (χ0n) is 15.5. The molecule has 1 fully saturated rings. The van der Waals surface area contributed by atoms with Crippen LogP contribution in [0.25, 0.3) is 0 Å². The molecule has 0 spiro atoms. The fraction of sp³-hybridized carbons (Fsp3) is 0.429. The molecule has 2 N–H and O–H groups in total. The van der Waals surface area contributed by atoms with Crippen molar-refractivity contribution in [2.24, 2.45) is 0 Å². The smallest absolute Gasteiger partial charge is 0.270 e. The Bertz CT molecular complexity index is 753. The molecule has 1 saturated carbocycles. The Morgan fingerprint density at radius 2 is 1.88 bits per heavy atom. The van der Waals surface area contributed by atoms with Crippen LogP contribution in [0.4, 0.5) is 11.4 Å². The molecule has 3 rings (SSSR count). The second kappa shape index (κ2) is 8.70. The number of nitrogens with zero attached hydrogens (tertiary/aromatic N) is 1.